The summed E-state index contributed by atoms with van der Waals surface area (Å²) in [5.74, 6) is 1.07. The van der Waals surface area contributed by atoms with Crippen molar-refractivity contribution in [3.05, 3.63) is 35.4 Å². The number of fused-ring (bicyclic) bond motifs is 1. The predicted octanol–water partition coefficient (Wildman–Crippen LogP) is 2.21. The molecule has 28 heavy (non-hydrogen) atoms. The van der Waals surface area contributed by atoms with E-state index >= 15 is 0 Å². The van der Waals surface area contributed by atoms with Crippen LogP contribution in [0.4, 0.5) is 0 Å². The molecule has 0 spiro atoms. The predicted molar refractivity (Wildman–Crippen MR) is 125 cm³/mol. The molecule has 1 saturated heterocycles. The molecule has 7 heteroatoms. The van der Waals surface area contributed by atoms with Crippen LogP contribution in [0.1, 0.15) is 37.3 Å². The molecule has 3 rings (SSSR count). The van der Waals surface area contributed by atoms with E-state index in [1.165, 1.54) is 11.1 Å². The van der Waals surface area contributed by atoms with Crippen LogP contribution < -0.4 is 11.1 Å². The Labute approximate surface area is 186 Å². The van der Waals surface area contributed by atoms with E-state index in [-0.39, 0.29) is 29.9 Å². The maximum atomic E-state index is 11.2. The van der Waals surface area contributed by atoms with Crippen LogP contribution in [-0.4, -0.2) is 60.9 Å². The Kier molecular flexibility index (Phi) is 9.01. The number of rotatable bonds is 5. The molecule has 0 saturated carbocycles. The third-order valence-electron chi connectivity index (χ3n) is 5.86. The monoisotopic (exact) mass is 499 g/mol. The minimum absolute atomic E-state index is 0. The summed E-state index contributed by atoms with van der Waals surface area (Å²) in [6.45, 7) is 7.10. The van der Waals surface area contributed by atoms with Crippen molar-refractivity contribution in [3.8, 4) is 0 Å². The van der Waals surface area contributed by atoms with Gasteiger partial charge in [0.25, 0.3) is 0 Å². The average molecular weight is 499 g/mol. The van der Waals surface area contributed by atoms with E-state index in [0.717, 1.165) is 57.9 Å². The molecule has 3 N–H and O–H groups in total. The van der Waals surface area contributed by atoms with Gasteiger partial charge in [0, 0.05) is 52.2 Å². The van der Waals surface area contributed by atoms with Crippen molar-refractivity contribution in [1.29, 1.82) is 0 Å². The number of hydrogen-bond donors (Lipinski definition) is 2. The number of halogens is 1. The van der Waals surface area contributed by atoms with E-state index in [2.05, 4.69) is 51.3 Å². The van der Waals surface area contributed by atoms with E-state index in [0.29, 0.717) is 18.4 Å². The maximum absolute atomic E-state index is 11.2. The molecule has 2 aliphatic rings. The Morgan fingerprint density at radius 2 is 2.07 bits per heavy atom. The highest BCUT2D eigenvalue weighted by Gasteiger charge is 2.25. The third-order valence-corrected chi connectivity index (χ3v) is 5.86. The molecule has 1 aromatic carbocycles. The lowest BCUT2D eigenvalue weighted by Gasteiger charge is -2.37. The van der Waals surface area contributed by atoms with Gasteiger partial charge < -0.3 is 16.0 Å². The number of hydrogen-bond acceptors (Lipinski definition) is 3. The summed E-state index contributed by atoms with van der Waals surface area (Å²) in [7, 11) is 1.84. The summed E-state index contributed by atoms with van der Waals surface area (Å²) in [6.07, 6.45) is 3.74. The molecule has 1 amide bonds. The lowest BCUT2D eigenvalue weighted by atomic mass is 9.95. The van der Waals surface area contributed by atoms with Gasteiger partial charge in [-0.1, -0.05) is 24.3 Å². The molecule has 1 fully saturated rings. The Bertz CT molecular complexity index is 681. The zero-order chi connectivity index (χ0) is 19.2. The molecule has 0 aromatic heterocycles. The number of amides is 1. The largest absolute Gasteiger partial charge is 0.370 e. The van der Waals surface area contributed by atoms with Crippen LogP contribution >= 0.6 is 24.0 Å². The van der Waals surface area contributed by atoms with Crippen LogP contribution in [0.3, 0.4) is 0 Å². The van der Waals surface area contributed by atoms with Gasteiger partial charge in [-0.05, 0) is 43.2 Å². The summed E-state index contributed by atoms with van der Waals surface area (Å²) in [4.78, 5) is 20.5. The highest BCUT2D eigenvalue weighted by molar-refractivity contribution is 14.0. The number of guanidine groups is 1. The molecule has 0 aliphatic carbocycles. The van der Waals surface area contributed by atoms with Crippen molar-refractivity contribution >= 4 is 35.8 Å². The number of nitrogens with two attached hydrogens (primary N) is 1. The Morgan fingerprint density at radius 1 is 1.32 bits per heavy atom. The number of carbonyl (C=O) groups excluding carboxylic acids is 1. The van der Waals surface area contributed by atoms with Crippen LogP contribution in [0, 0.1) is 5.92 Å². The van der Waals surface area contributed by atoms with Crippen LogP contribution in [-0.2, 0) is 17.8 Å². The molecule has 2 heterocycles. The summed E-state index contributed by atoms with van der Waals surface area (Å²) in [5, 5.41) is 3.55. The molecule has 2 aliphatic heterocycles. The molecular formula is C21H34IN5O. The van der Waals surface area contributed by atoms with Gasteiger partial charge in [0.1, 0.15) is 0 Å². The van der Waals surface area contributed by atoms with Gasteiger partial charge in [-0.25, -0.2) is 0 Å². The minimum Gasteiger partial charge on any atom is -0.370 e. The number of nitrogens with zero attached hydrogens (tertiary/aromatic N) is 3. The van der Waals surface area contributed by atoms with Crippen molar-refractivity contribution in [2.75, 3.05) is 33.2 Å². The molecule has 156 valence electrons. The Morgan fingerprint density at radius 3 is 2.79 bits per heavy atom. The lowest BCUT2D eigenvalue weighted by Crippen LogP contribution is -2.51. The normalized spacial score (nSPS) is 21.4. The van der Waals surface area contributed by atoms with Gasteiger partial charge in [0.15, 0.2) is 5.96 Å². The number of aliphatic imine (C=N–C) groups is 1. The van der Waals surface area contributed by atoms with Crippen molar-refractivity contribution < 1.29 is 4.79 Å². The van der Waals surface area contributed by atoms with E-state index in [1.54, 1.807) is 0 Å². The zero-order valence-electron chi connectivity index (χ0n) is 17.1. The van der Waals surface area contributed by atoms with Crippen LogP contribution in [0.5, 0.6) is 0 Å². The van der Waals surface area contributed by atoms with Gasteiger partial charge in [-0.2, -0.15) is 0 Å². The topological polar surface area (TPSA) is 74.0 Å². The number of likely N-dealkylation sites (tertiary alicyclic amines) is 1. The summed E-state index contributed by atoms with van der Waals surface area (Å²) >= 11 is 0. The number of piperidine rings is 1. The van der Waals surface area contributed by atoms with E-state index in [4.69, 9.17) is 5.73 Å². The number of benzene rings is 1. The van der Waals surface area contributed by atoms with Crippen molar-refractivity contribution in [1.82, 2.24) is 15.1 Å². The summed E-state index contributed by atoms with van der Waals surface area (Å²) in [5.41, 5.74) is 8.32. The number of nitrogens with one attached hydrogen (secondary N) is 1. The van der Waals surface area contributed by atoms with E-state index < -0.39 is 0 Å². The molecule has 6 nitrogen and oxygen atoms in total. The van der Waals surface area contributed by atoms with Crippen LogP contribution in [0.2, 0.25) is 0 Å². The lowest BCUT2D eigenvalue weighted by molar-refractivity contribution is -0.119. The standard InChI is InChI=1S/C21H33N5O.HI/c1-16(25-11-9-18-7-3-4-8-19(18)15-25)13-24-21(23-2)26-10-5-6-17(14-26)12-20(22)27;/h3-4,7-8,16-17H,5-6,9-15H2,1-2H3,(H2,22,27)(H,23,24);1H. The van der Waals surface area contributed by atoms with Crippen LogP contribution in [0.15, 0.2) is 29.3 Å². The number of carbonyl (C=O) groups is 1. The summed E-state index contributed by atoms with van der Waals surface area (Å²) in [6, 6.07) is 9.18. The maximum Gasteiger partial charge on any atom is 0.217 e. The fourth-order valence-electron chi connectivity index (χ4n) is 4.30. The van der Waals surface area contributed by atoms with Gasteiger partial charge in [0.05, 0.1) is 0 Å². The molecule has 1 aromatic rings. The first-order valence-corrected chi connectivity index (χ1v) is 10.1. The van der Waals surface area contributed by atoms with Gasteiger partial charge in [0.2, 0.25) is 5.91 Å². The first-order valence-electron chi connectivity index (χ1n) is 10.1. The van der Waals surface area contributed by atoms with Crippen molar-refractivity contribution in [2.24, 2.45) is 16.6 Å². The molecule has 2 atom stereocenters. The highest BCUT2D eigenvalue weighted by Crippen LogP contribution is 2.21. The highest BCUT2D eigenvalue weighted by atomic mass is 127. The quantitative estimate of drug-likeness (QED) is 0.370. The average Bonchev–Trinajstić information content (AvgIpc) is 2.67. The SMILES string of the molecule is CN=C(NCC(C)N1CCc2ccccc2C1)N1CCCC(CC(N)=O)C1.I. The Hall–Kier alpha value is -1.35. The van der Waals surface area contributed by atoms with E-state index in [1.807, 2.05) is 7.05 Å². The number of primary amides is 1. The second-order valence-electron chi connectivity index (χ2n) is 7.89. The van der Waals surface area contributed by atoms with Crippen LogP contribution in [0.25, 0.3) is 0 Å². The Balaban J connectivity index is 0.00000280. The molecule has 0 bridgehead atoms. The summed E-state index contributed by atoms with van der Waals surface area (Å²) < 4.78 is 0. The van der Waals surface area contributed by atoms with Gasteiger partial charge in [-0.15, -0.1) is 24.0 Å². The molecular weight excluding hydrogens is 465 g/mol. The molecule has 2 unspecified atom stereocenters. The fraction of sp³-hybridized carbons (Fsp3) is 0.619. The van der Waals surface area contributed by atoms with E-state index in [9.17, 15) is 4.79 Å². The smallest absolute Gasteiger partial charge is 0.217 e. The third kappa shape index (κ3) is 6.07. The van der Waals surface area contributed by atoms with Gasteiger partial charge in [-0.3, -0.25) is 14.7 Å². The minimum atomic E-state index is -0.205. The molecule has 0 radical (unpaired) electrons. The zero-order valence-corrected chi connectivity index (χ0v) is 19.4. The second-order valence-corrected chi connectivity index (χ2v) is 7.89. The van der Waals surface area contributed by atoms with Crippen molar-refractivity contribution in [3.63, 3.8) is 0 Å². The fourth-order valence-corrected chi connectivity index (χ4v) is 4.30. The van der Waals surface area contributed by atoms with Crippen molar-refractivity contribution in [2.45, 2.75) is 45.2 Å². The first-order chi connectivity index (χ1) is 13.1. The first kappa shape index (κ1) is 22.9. The second kappa shape index (κ2) is 11.0. The van der Waals surface area contributed by atoms with Gasteiger partial charge >= 0.3 is 0 Å².